The van der Waals surface area contributed by atoms with E-state index in [1.807, 2.05) is 0 Å². The van der Waals surface area contributed by atoms with Crippen LogP contribution in [0.3, 0.4) is 0 Å². The van der Waals surface area contributed by atoms with Crippen LogP contribution in [-0.2, 0) is 0 Å². The maximum atomic E-state index is 3.67. The van der Waals surface area contributed by atoms with Gasteiger partial charge in [0, 0.05) is 35.3 Å². The van der Waals surface area contributed by atoms with E-state index >= 15 is 0 Å². The molecule has 0 aromatic heterocycles. The average molecular weight is 295 g/mol. The van der Waals surface area contributed by atoms with Gasteiger partial charge in [-0.15, -0.1) is 0 Å². The SMILES string of the molecule is Cc1cccc(NC2CCN(C3CC3)C2)c1Br. The predicted octanol–water partition coefficient (Wildman–Crippen LogP) is 3.41. The number of hydrogen-bond donors (Lipinski definition) is 1. The summed E-state index contributed by atoms with van der Waals surface area (Å²) in [5, 5.41) is 3.67. The summed E-state index contributed by atoms with van der Waals surface area (Å²) in [6, 6.07) is 7.95. The molecule has 2 nitrogen and oxygen atoms in total. The highest BCUT2D eigenvalue weighted by molar-refractivity contribution is 9.10. The van der Waals surface area contributed by atoms with E-state index in [0.717, 1.165) is 6.04 Å². The van der Waals surface area contributed by atoms with Gasteiger partial charge < -0.3 is 5.32 Å². The van der Waals surface area contributed by atoms with Gasteiger partial charge in [0.05, 0.1) is 0 Å². The molecule has 0 radical (unpaired) electrons. The fraction of sp³-hybridized carbons (Fsp3) is 0.571. The van der Waals surface area contributed by atoms with Gasteiger partial charge in [-0.3, -0.25) is 4.90 Å². The zero-order valence-electron chi connectivity index (χ0n) is 10.2. The van der Waals surface area contributed by atoms with Gasteiger partial charge in [0.15, 0.2) is 0 Å². The van der Waals surface area contributed by atoms with Crippen LogP contribution >= 0.6 is 15.9 Å². The molecular formula is C14H19BrN2. The van der Waals surface area contributed by atoms with E-state index in [1.54, 1.807) is 0 Å². The summed E-state index contributed by atoms with van der Waals surface area (Å²) in [5.74, 6) is 0. The number of aryl methyl sites for hydroxylation is 1. The Morgan fingerprint density at radius 1 is 1.29 bits per heavy atom. The molecule has 1 aliphatic heterocycles. The summed E-state index contributed by atoms with van der Waals surface area (Å²) in [6.07, 6.45) is 4.11. The lowest BCUT2D eigenvalue weighted by atomic mass is 10.2. The highest BCUT2D eigenvalue weighted by atomic mass is 79.9. The Morgan fingerprint density at radius 3 is 2.88 bits per heavy atom. The summed E-state index contributed by atoms with van der Waals surface area (Å²) in [4.78, 5) is 2.64. The molecule has 17 heavy (non-hydrogen) atoms. The maximum absolute atomic E-state index is 3.67. The Morgan fingerprint density at radius 2 is 2.12 bits per heavy atom. The van der Waals surface area contributed by atoms with Crippen molar-refractivity contribution < 1.29 is 0 Å². The number of anilines is 1. The average Bonchev–Trinajstić information content (AvgIpc) is 3.06. The minimum Gasteiger partial charge on any atom is -0.380 e. The van der Waals surface area contributed by atoms with Crippen LogP contribution < -0.4 is 5.32 Å². The number of halogens is 1. The predicted molar refractivity (Wildman–Crippen MR) is 75.5 cm³/mol. The quantitative estimate of drug-likeness (QED) is 0.919. The molecule has 1 aromatic rings. The van der Waals surface area contributed by atoms with Crippen molar-refractivity contribution in [2.75, 3.05) is 18.4 Å². The fourth-order valence-electron chi connectivity index (χ4n) is 2.66. The zero-order chi connectivity index (χ0) is 11.8. The Hall–Kier alpha value is -0.540. The van der Waals surface area contributed by atoms with E-state index < -0.39 is 0 Å². The lowest BCUT2D eigenvalue weighted by Crippen LogP contribution is -2.27. The molecule has 1 aromatic carbocycles. The third-order valence-corrected chi connectivity index (χ3v) is 4.89. The van der Waals surface area contributed by atoms with Crippen LogP contribution in [0.1, 0.15) is 24.8 Å². The van der Waals surface area contributed by atoms with Crippen molar-refractivity contribution in [1.82, 2.24) is 4.90 Å². The van der Waals surface area contributed by atoms with Crippen molar-refractivity contribution in [3.05, 3.63) is 28.2 Å². The molecule has 1 N–H and O–H groups in total. The summed E-state index contributed by atoms with van der Waals surface area (Å²) in [5.41, 5.74) is 2.54. The van der Waals surface area contributed by atoms with Crippen molar-refractivity contribution in [3.63, 3.8) is 0 Å². The number of likely N-dealkylation sites (tertiary alicyclic amines) is 1. The summed E-state index contributed by atoms with van der Waals surface area (Å²) in [6.45, 7) is 4.62. The Bertz CT molecular complexity index is 415. The summed E-state index contributed by atoms with van der Waals surface area (Å²) < 4.78 is 1.21. The summed E-state index contributed by atoms with van der Waals surface area (Å²) >= 11 is 3.67. The van der Waals surface area contributed by atoms with E-state index in [-0.39, 0.29) is 0 Å². The molecule has 1 saturated heterocycles. The first-order valence-electron chi connectivity index (χ1n) is 6.50. The molecule has 1 saturated carbocycles. The Labute approximate surface area is 112 Å². The lowest BCUT2D eigenvalue weighted by Gasteiger charge is -2.18. The largest absolute Gasteiger partial charge is 0.380 e. The molecule has 1 aliphatic carbocycles. The van der Waals surface area contributed by atoms with Gasteiger partial charge >= 0.3 is 0 Å². The fourth-order valence-corrected chi connectivity index (χ4v) is 3.03. The maximum Gasteiger partial charge on any atom is 0.0489 e. The molecule has 0 bridgehead atoms. The van der Waals surface area contributed by atoms with Gasteiger partial charge in [-0.25, -0.2) is 0 Å². The van der Waals surface area contributed by atoms with Crippen molar-refractivity contribution in [2.45, 2.75) is 38.3 Å². The third-order valence-electron chi connectivity index (χ3n) is 3.83. The van der Waals surface area contributed by atoms with E-state index in [9.17, 15) is 0 Å². The zero-order valence-corrected chi connectivity index (χ0v) is 11.8. The van der Waals surface area contributed by atoms with Gasteiger partial charge in [-0.2, -0.15) is 0 Å². The molecule has 2 fully saturated rings. The Balaban J connectivity index is 1.65. The summed E-state index contributed by atoms with van der Waals surface area (Å²) in [7, 11) is 0. The van der Waals surface area contributed by atoms with Gasteiger partial charge in [0.2, 0.25) is 0 Å². The van der Waals surface area contributed by atoms with E-state index in [1.165, 1.54) is 48.1 Å². The molecule has 3 rings (SSSR count). The Kier molecular flexibility index (Phi) is 3.14. The first kappa shape index (κ1) is 11.5. The van der Waals surface area contributed by atoms with Crippen LogP contribution in [-0.4, -0.2) is 30.1 Å². The number of nitrogens with zero attached hydrogens (tertiary/aromatic N) is 1. The van der Waals surface area contributed by atoms with E-state index in [2.05, 4.69) is 51.3 Å². The number of hydrogen-bond acceptors (Lipinski definition) is 2. The van der Waals surface area contributed by atoms with Gasteiger partial charge in [0.25, 0.3) is 0 Å². The van der Waals surface area contributed by atoms with Crippen LogP contribution in [0.15, 0.2) is 22.7 Å². The van der Waals surface area contributed by atoms with Crippen molar-refractivity contribution in [1.29, 1.82) is 0 Å². The number of rotatable bonds is 3. The lowest BCUT2D eigenvalue weighted by molar-refractivity contribution is 0.326. The minimum absolute atomic E-state index is 0.619. The number of nitrogens with one attached hydrogen (secondary N) is 1. The second-order valence-corrected chi connectivity index (χ2v) is 6.09. The van der Waals surface area contributed by atoms with Crippen molar-refractivity contribution in [3.8, 4) is 0 Å². The van der Waals surface area contributed by atoms with Gasteiger partial charge in [0.1, 0.15) is 0 Å². The van der Waals surface area contributed by atoms with Gasteiger partial charge in [-0.05, 0) is 53.7 Å². The van der Waals surface area contributed by atoms with Crippen molar-refractivity contribution >= 4 is 21.6 Å². The first-order chi connectivity index (χ1) is 8.24. The second kappa shape index (κ2) is 4.62. The van der Waals surface area contributed by atoms with E-state index in [0.29, 0.717) is 6.04 Å². The van der Waals surface area contributed by atoms with Gasteiger partial charge in [-0.1, -0.05) is 12.1 Å². The highest BCUT2D eigenvalue weighted by Gasteiger charge is 2.34. The monoisotopic (exact) mass is 294 g/mol. The standard InChI is InChI=1S/C14H19BrN2/c1-10-3-2-4-13(14(10)15)16-11-7-8-17(9-11)12-5-6-12/h2-4,11-12,16H,5-9H2,1H3. The first-order valence-corrected chi connectivity index (χ1v) is 7.29. The van der Waals surface area contributed by atoms with Crippen LogP contribution in [0.5, 0.6) is 0 Å². The molecule has 3 heteroatoms. The van der Waals surface area contributed by atoms with Crippen LogP contribution in [0.25, 0.3) is 0 Å². The number of benzene rings is 1. The molecular weight excluding hydrogens is 276 g/mol. The highest BCUT2D eigenvalue weighted by Crippen LogP contribution is 2.32. The van der Waals surface area contributed by atoms with Crippen LogP contribution in [0.2, 0.25) is 0 Å². The topological polar surface area (TPSA) is 15.3 Å². The second-order valence-electron chi connectivity index (χ2n) is 5.29. The molecule has 92 valence electrons. The third kappa shape index (κ3) is 2.50. The normalized spacial score (nSPS) is 25.2. The molecule has 0 spiro atoms. The van der Waals surface area contributed by atoms with Crippen LogP contribution in [0, 0.1) is 6.92 Å². The molecule has 1 heterocycles. The smallest absolute Gasteiger partial charge is 0.0489 e. The molecule has 2 aliphatic rings. The van der Waals surface area contributed by atoms with Crippen molar-refractivity contribution in [2.24, 2.45) is 0 Å². The minimum atomic E-state index is 0.619. The molecule has 1 unspecified atom stereocenters. The molecule has 0 amide bonds. The van der Waals surface area contributed by atoms with Crippen LogP contribution in [0.4, 0.5) is 5.69 Å². The molecule has 1 atom stereocenters. The van der Waals surface area contributed by atoms with E-state index in [4.69, 9.17) is 0 Å².